The fraction of sp³-hybridized carbons (Fsp3) is 0.467. The molecule has 0 aromatic heterocycles. The van der Waals surface area contributed by atoms with Gasteiger partial charge in [0, 0.05) is 12.2 Å². The number of rotatable bonds is 4. The molecule has 0 bridgehead atoms. The van der Waals surface area contributed by atoms with Crippen LogP contribution in [-0.4, -0.2) is 35.7 Å². The van der Waals surface area contributed by atoms with Crippen LogP contribution in [0.2, 0.25) is 0 Å². The molecule has 0 spiro atoms. The zero-order valence-electron chi connectivity index (χ0n) is 11.0. The van der Waals surface area contributed by atoms with Gasteiger partial charge in [0.2, 0.25) is 0 Å². The highest BCUT2D eigenvalue weighted by Gasteiger charge is 2.41. The van der Waals surface area contributed by atoms with Crippen molar-refractivity contribution < 1.29 is 19.4 Å². The third-order valence-electron chi connectivity index (χ3n) is 3.93. The van der Waals surface area contributed by atoms with Crippen molar-refractivity contribution in [2.45, 2.75) is 31.4 Å². The van der Waals surface area contributed by atoms with Crippen LogP contribution in [0.4, 0.5) is 0 Å². The number of ether oxygens (including phenoxy) is 1. The van der Waals surface area contributed by atoms with E-state index < -0.39 is 5.97 Å². The highest BCUT2D eigenvalue weighted by Crippen LogP contribution is 2.38. The van der Waals surface area contributed by atoms with Crippen LogP contribution >= 0.6 is 0 Å². The van der Waals surface area contributed by atoms with Crippen LogP contribution in [0.15, 0.2) is 24.3 Å². The molecule has 106 valence electrons. The lowest BCUT2D eigenvalue weighted by Gasteiger charge is -2.19. The Labute approximate surface area is 116 Å². The minimum Gasteiger partial charge on any atom is -0.478 e. The number of carboxylic acids is 1. The second-order valence-electron chi connectivity index (χ2n) is 5.42. The quantitative estimate of drug-likeness (QED) is 0.876. The lowest BCUT2D eigenvalue weighted by molar-refractivity contribution is 0.0695. The van der Waals surface area contributed by atoms with Crippen LogP contribution in [0.5, 0.6) is 0 Å². The minimum atomic E-state index is -0.991. The molecule has 20 heavy (non-hydrogen) atoms. The number of carboxylic acid groups (broad SMARTS) is 1. The summed E-state index contributed by atoms with van der Waals surface area (Å²) in [6.07, 6.45) is 3.37. The average molecular weight is 275 g/mol. The smallest absolute Gasteiger partial charge is 0.335 e. The molecule has 1 aromatic carbocycles. The Morgan fingerprint density at radius 1 is 1.10 bits per heavy atom. The predicted octanol–water partition coefficient (Wildman–Crippen LogP) is 1.68. The first kappa shape index (κ1) is 13.1. The van der Waals surface area contributed by atoms with Crippen molar-refractivity contribution in [3.63, 3.8) is 0 Å². The van der Waals surface area contributed by atoms with Gasteiger partial charge in [-0.2, -0.15) is 0 Å². The van der Waals surface area contributed by atoms with E-state index in [1.807, 2.05) is 0 Å². The molecule has 5 nitrogen and oxygen atoms in total. The number of nitrogens with one attached hydrogen (secondary N) is 1. The molecule has 5 heteroatoms. The van der Waals surface area contributed by atoms with Gasteiger partial charge in [-0.05, 0) is 49.4 Å². The van der Waals surface area contributed by atoms with Crippen LogP contribution in [0, 0.1) is 5.92 Å². The Kier molecular flexibility index (Phi) is 3.44. The summed E-state index contributed by atoms with van der Waals surface area (Å²) in [7, 11) is 0. The van der Waals surface area contributed by atoms with Crippen molar-refractivity contribution in [2.24, 2.45) is 5.92 Å². The van der Waals surface area contributed by atoms with Crippen molar-refractivity contribution in [2.75, 3.05) is 6.61 Å². The first-order chi connectivity index (χ1) is 9.65. The van der Waals surface area contributed by atoms with Gasteiger partial charge in [-0.1, -0.05) is 0 Å². The highest BCUT2D eigenvalue weighted by molar-refractivity contribution is 5.96. The molecule has 1 aromatic rings. The lowest BCUT2D eigenvalue weighted by atomic mass is 10.1. The molecule has 1 amide bonds. The van der Waals surface area contributed by atoms with E-state index in [1.54, 1.807) is 12.1 Å². The van der Waals surface area contributed by atoms with Gasteiger partial charge in [-0.15, -0.1) is 0 Å². The number of hydrogen-bond donors (Lipinski definition) is 2. The Morgan fingerprint density at radius 3 is 2.35 bits per heavy atom. The van der Waals surface area contributed by atoms with Crippen molar-refractivity contribution in [3.8, 4) is 0 Å². The molecule has 1 aliphatic carbocycles. The number of benzene rings is 1. The third kappa shape index (κ3) is 2.67. The van der Waals surface area contributed by atoms with Gasteiger partial charge in [0.05, 0.1) is 17.7 Å². The molecule has 2 fully saturated rings. The van der Waals surface area contributed by atoms with E-state index in [-0.39, 0.29) is 23.6 Å². The van der Waals surface area contributed by atoms with E-state index in [1.165, 1.54) is 25.0 Å². The monoisotopic (exact) mass is 275 g/mol. The Hall–Kier alpha value is -1.88. The molecule has 1 heterocycles. The number of carbonyl (C=O) groups excluding carboxylic acids is 1. The first-order valence-corrected chi connectivity index (χ1v) is 6.91. The van der Waals surface area contributed by atoms with E-state index in [4.69, 9.17) is 9.84 Å². The van der Waals surface area contributed by atoms with Crippen LogP contribution < -0.4 is 5.32 Å². The SMILES string of the molecule is O=C(O)c1ccc(C(=O)NC2CCOC2C2CC2)cc1. The van der Waals surface area contributed by atoms with Gasteiger partial charge < -0.3 is 15.2 Å². The van der Waals surface area contributed by atoms with Crippen molar-refractivity contribution in [1.82, 2.24) is 5.32 Å². The average Bonchev–Trinajstić information content (AvgIpc) is 3.19. The molecule has 2 aliphatic rings. The van der Waals surface area contributed by atoms with E-state index in [0.29, 0.717) is 18.1 Å². The molecule has 1 aliphatic heterocycles. The van der Waals surface area contributed by atoms with Crippen LogP contribution in [-0.2, 0) is 4.74 Å². The molecule has 1 saturated carbocycles. The van der Waals surface area contributed by atoms with E-state index in [2.05, 4.69) is 5.32 Å². The molecule has 2 atom stereocenters. The molecule has 3 rings (SSSR count). The van der Waals surface area contributed by atoms with Crippen LogP contribution in [0.3, 0.4) is 0 Å². The number of carbonyl (C=O) groups is 2. The first-order valence-electron chi connectivity index (χ1n) is 6.91. The third-order valence-corrected chi connectivity index (χ3v) is 3.93. The fourth-order valence-corrected chi connectivity index (χ4v) is 2.67. The Bertz CT molecular complexity index is 521. The Morgan fingerprint density at radius 2 is 1.75 bits per heavy atom. The summed E-state index contributed by atoms with van der Waals surface area (Å²) in [5, 5.41) is 11.8. The van der Waals surface area contributed by atoms with Gasteiger partial charge in [0.1, 0.15) is 0 Å². The second kappa shape index (κ2) is 5.25. The number of amides is 1. The van der Waals surface area contributed by atoms with Gasteiger partial charge in [0.15, 0.2) is 0 Å². The largest absolute Gasteiger partial charge is 0.478 e. The van der Waals surface area contributed by atoms with Crippen molar-refractivity contribution in [1.29, 1.82) is 0 Å². The summed E-state index contributed by atoms with van der Waals surface area (Å²) in [6.45, 7) is 0.698. The number of aromatic carboxylic acids is 1. The summed E-state index contributed by atoms with van der Waals surface area (Å²) in [6, 6.07) is 6.05. The number of hydrogen-bond acceptors (Lipinski definition) is 3. The maximum Gasteiger partial charge on any atom is 0.335 e. The van der Waals surface area contributed by atoms with Crippen LogP contribution in [0.1, 0.15) is 40.0 Å². The Balaban J connectivity index is 1.64. The van der Waals surface area contributed by atoms with Crippen molar-refractivity contribution >= 4 is 11.9 Å². The molecule has 0 radical (unpaired) electrons. The zero-order valence-corrected chi connectivity index (χ0v) is 11.0. The highest BCUT2D eigenvalue weighted by atomic mass is 16.5. The topological polar surface area (TPSA) is 75.6 Å². The second-order valence-corrected chi connectivity index (χ2v) is 5.42. The molecule has 2 unspecified atom stereocenters. The van der Waals surface area contributed by atoms with E-state index in [0.717, 1.165) is 6.42 Å². The maximum absolute atomic E-state index is 12.2. The summed E-state index contributed by atoms with van der Waals surface area (Å²) < 4.78 is 5.68. The lowest BCUT2D eigenvalue weighted by Crippen LogP contribution is -2.41. The van der Waals surface area contributed by atoms with Gasteiger partial charge in [0.25, 0.3) is 5.91 Å². The summed E-state index contributed by atoms with van der Waals surface area (Å²) in [4.78, 5) is 22.9. The summed E-state index contributed by atoms with van der Waals surface area (Å²) >= 11 is 0. The fourth-order valence-electron chi connectivity index (χ4n) is 2.67. The van der Waals surface area contributed by atoms with Gasteiger partial charge >= 0.3 is 5.97 Å². The predicted molar refractivity (Wildman–Crippen MR) is 71.7 cm³/mol. The van der Waals surface area contributed by atoms with Gasteiger partial charge in [-0.3, -0.25) is 4.79 Å². The summed E-state index contributed by atoms with van der Waals surface area (Å²) in [5.74, 6) is -0.560. The summed E-state index contributed by atoms with van der Waals surface area (Å²) in [5.41, 5.74) is 0.665. The normalized spacial score (nSPS) is 25.4. The molecule has 1 saturated heterocycles. The molecular weight excluding hydrogens is 258 g/mol. The molecule has 2 N–H and O–H groups in total. The van der Waals surface area contributed by atoms with Gasteiger partial charge in [-0.25, -0.2) is 4.79 Å². The molecular formula is C15H17NO4. The maximum atomic E-state index is 12.2. The van der Waals surface area contributed by atoms with E-state index >= 15 is 0 Å². The van der Waals surface area contributed by atoms with Crippen LogP contribution in [0.25, 0.3) is 0 Å². The zero-order chi connectivity index (χ0) is 14.1. The minimum absolute atomic E-state index is 0.0779. The van der Waals surface area contributed by atoms with E-state index in [9.17, 15) is 9.59 Å². The standard InChI is InChI=1S/C15H17NO4/c17-14(10-3-5-11(6-4-10)15(18)19)16-12-7-8-20-13(12)9-1-2-9/h3-6,9,12-13H,1-2,7-8H2,(H,16,17)(H,18,19). The van der Waals surface area contributed by atoms with Crippen molar-refractivity contribution in [3.05, 3.63) is 35.4 Å².